The summed E-state index contributed by atoms with van der Waals surface area (Å²) in [6.45, 7) is 0. The Morgan fingerprint density at radius 2 is 1.62 bits per heavy atom. The summed E-state index contributed by atoms with van der Waals surface area (Å²) in [5.41, 5.74) is 0.525. The highest BCUT2D eigenvalue weighted by Crippen LogP contribution is 2.35. The van der Waals surface area contributed by atoms with Gasteiger partial charge in [0.1, 0.15) is 5.69 Å². The Labute approximate surface area is 124 Å². The molecular weight excluding hydrogens is 299 g/mol. The summed E-state index contributed by atoms with van der Waals surface area (Å²) in [7, 11) is 0. The fraction of sp³-hybridized carbons (Fsp3) is 0.0625. The van der Waals surface area contributed by atoms with Gasteiger partial charge in [0.05, 0.1) is 5.52 Å². The molecule has 1 nitrogen and oxygen atoms in total. The van der Waals surface area contributed by atoms with Crippen LogP contribution in [0.2, 0.25) is 5.02 Å². The van der Waals surface area contributed by atoms with Crippen molar-refractivity contribution in [1.82, 2.24) is 4.98 Å². The van der Waals surface area contributed by atoms with Crippen molar-refractivity contribution < 1.29 is 13.2 Å². The van der Waals surface area contributed by atoms with Crippen LogP contribution in [0.3, 0.4) is 0 Å². The maximum absolute atomic E-state index is 13.0. The van der Waals surface area contributed by atoms with E-state index in [0.29, 0.717) is 21.5 Å². The zero-order chi connectivity index (χ0) is 15.0. The molecule has 0 aliphatic carbocycles. The molecule has 0 radical (unpaired) electrons. The zero-order valence-corrected chi connectivity index (χ0v) is 11.4. The number of hydrogen-bond donors (Lipinski definition) is 0. The summed E-state index contributed by atoms with van der Waals surface area (Å²) >= 11 is 5.96. The topological polar surface area (TPSA) is 12.9 Å². The standard InChI is InChI=1S/C16H9ClF3N/c17-11-6-7-14-13(8-11)12(10-4-2-1-3-5-10)9-15(21-14)16(18,19)20/h1-9H. The Kier molecular flexibility index (Phi) is 3.33. The summed E-state index contributed by atoms with van der Waals surface area (Å²) in [5.74, 6) is 0. The van der Waals surface area contributed by atoms with Gasteiger partial charge in [-0.25, -0.2) is 4.98 Å². The second-order valence-electron chi connectivity index (χ2n) is 4.58. The number of rotatable bonds is 1. The average molecular weight is 308 g/mol. The minimum atomic E-state index is -4.49. The maximum atomic E-state index is 13.0. The van der Waals surface area contributed by atoms with Crippen molar-refractivity contribution in [2.45, 2.75) is 6.18 Å². The van der Waals surface area contributed by atoms with Crippen molar-refractivity contribution >= 4 is 22.5 Å². The van der Waals surface area contributed by atoms with Crippen LogP contribution in [0.1, 0.15) is 5.69 Å². The third-order valence-electron chi connectivity index (χ3n) is 3.15. The predicted molar refractivity (Wildman–Crippen MR) is 77.2 cm³/mol. The van der Waals surface area contributed by atoms with Gasteiger partial charge < -0.3 is 0 Å². The van der Waals surface area contributed by atoms with Crippen molar-refractivity contribution in [2.24, 2.45) is 0 Å². The molecule has 0 N–H and O–H groups in total. The smallest absolute Gasteiger partial charge is 0.243 e. The molecule has 0 spiro atoms. The Hall–Kier alpha value is -2.07. The molecule has 0 fully saturated rings. The third kappa shape index (κ3) is 2.72. The first-order valence-electron chi connectivity index (χ1n) is 6.18. The summed E-state index contributed by atoms with van der Waals surface area (Å²) < 4.78 is 39.0. The van der Waals surface area contributed by atoms with Crippen molar-refractivity contribution in [1.29, 1.82) is 0 Å². The monoisotopic (exact) mass is 307 g/mol. The molecule has 3 rings (SSSR count). The number of hydrogen-bond acceptors (Lipinski definition) is 1. The summed E-state index contributed by atoms with van der Waals surface area (Å²) in [5, 5.41) is 1.06. The molecule has 3 aromatic rings. The number of nitrogens with zero attached hydrogens (tertiary/aromatic N) is 1. The molecule has 106 valence electrons. The number of alkyl halides is 3. The van der Waals surface area contributed by atoms with Crippen LogP contribution in [0.25, 0.3) is 22.0 Å². The van der Waals surface area contributed by atoms with E-state index in [1.54, 1.807) is 30.3 Å². The molecule has 0 saturated heterocycles. The predicted octanol–water partition coefficient (Wildman–Crippen LogP) is 5.57. The lowest BCUT2D eigenvalue weighted by molar-refractivity contribution is -0.140. The van der Waals surface area contributed by atoms with Crippen LogP contribution in [0.4, 0.5) is 13.2 Å². The van der Waals surface area contributed by atoms with Gasteiger partial charge >= 0.3 is 6.18 Å². The van der Waals surface area contributed by atoms with Crippen LogP contribution in [0.5, 0.6) is 0 Å². The van der Waals surface area contributed by atoms with E-state index >= 15 is 0 Å². The van der Waals surface area contributed by atoms with Crippen LogP contribution < -0.4 is 0 Å². The Morgan fingerprint density at radius 1 is 0.905 bits per heavy atom. The average Bonchev–Trinajstić information content (AvgIpc) is 2.46. The number of pyridine rings is 1. The van der Waals surface area contributed by atoms with Gasteiger partial charge in [-0.05, 0) is 35.4 Å². The fourth-order valence-corrected chi connectivity index (χ4v) is 2.37. The Morgan fingerprint density at radius 3 is 2.29 bits per heavy atom. The molecule has 21 heavy (non-hydrogen) atoms. The lowest BCUT2D eigenvalue weighted by Gasteiger charge is -2.12. The van der Waals surface area contributed by atoms with Crippen LogP contribution in [0.15, 0.2) is 54.6 Å². The lowest BCUT2D eigenvalue weighted by Crippen LogP contribution is -2.08. The first-order valence-corrected chi connectivity index (χ1v) is 6.56. The van der Waals surface area contributed by atoms with Gasteiger partial charge in [-0.2, -0.15) is 13.2 Å². The van der Waals surface area contributed by atoms with Crippen molar-refractivity contribution in [3.05, 3.63) is 65.3 Å². The van der Waals surface area contributed by atoms with Gasteiger partial charge in [0, 0.05) is 10.4 Å². The number of halogens is 4. The Bertz CT molecular complexity index is 798. The van der Waals surface area contributed by atoms with Gasteiger partial charge in [-0.15, -0.1) is 0 Å². The summed E-state index contributed by atoms with van der Waals surface area (Å²) in [6.07, 6.45) is -4.49. The van der Waals surface area contributed by atoms with E-state index in [-0.39, 0.29) is 5.52 Å². The van der Waals surface area contributed by atoms with Crippen LogP contribution in [-0.2, 0) is 6.18 Å². The van der Waals surface area contributed by atoms with E-state index in [4.69, 9.17) is 11.6 Å². The SMILES string of the molecule is FC(F)(F)c1cc(-c2ccccc2)c2cc(Cl)ccc2n1. The molecule has 0 aliphatic heterocycles. The van der Waals surface area contributed by atoms with Crippen molar-refractivity contribution in [2.75, 3.05) is 0 Å². The zero-order valence-electron chi connectivity index (χ0n) is 10.7. The first kappa shape index (κ1) is 13.9. The molecule has 0 aliphatic rings. The normalized spacial score (nSPS) is 11.8. The molecule has 1 aromatic heterocycles. The molecule has 1 heterocycles. The molecule has 0 amide bonds. The minimum Gasteiger partial charge on any atom is -0.243 e. The quantitative estimate of drug-likeness (QED) is 0.572. The number of aromatic nitrogens is 1. The van der Waals surface area contributed by atoms with Gasteiger partial charge in [0.15, 0.2) is 0 Å². The molecule has 5 heteroatoms. The number of fused-ring (bicyclic) bond motifs is 1. The van der Waals surface area contributed by atoms with Gasteiger partial charge in [0.25, 0.3) is 0 Å². The molecule has 0 atom stereocenters. The second-order valence-corrected chi connectivity index (χ2v) is 5.02. The van der Waals surface area contributed by atoms with E-state index < -0.39 is 11.9 Å². The Balaban J connectivity index is 2.36. The van der Waals surface area contributed by atoms with E-state index in [1.165, 1.54) is 12.1 Å². The lowest BCUT2D eigenvalue weighted by atomic mass is 10.00. The first-order chi connectivity index (χ1) is 9.95. The molecule has 0 unspecified atom stereocenters. The van der Waals surface area contributed by atoms with Crippen molar-refractivity contribution in [3.8, 4) is 11.1 Å². The van der Waals surface area contributed by atoms with Crippen LogP contribution >= 0.6 is 11.6 Å². The molecular formula is C16H9ClF3N. The molecule has 2 aromatic carbocycles. The van der Waals surface area contributed by atoms with Gasteiger partial charge in [-0.3, -0.25) is 0 Å². The van der Waals surface area contributed by atoms with Gasteiger partial charge in [-0.1, -0.05) is 41.9 Å². The highest BCUT2D eigenvalue weighted by atomic mass is 35.5. The summed E-state index contributed by atoms with van der Waals surface area (Å²) in [4.78, 5) is 3.69. The molecule has 0 bridgehead atoms. The maximum Gasteiger partial charge on any atom is 0.433 e. The van der Waals surface area contributed by atoms with Crippen LogP contribution in [0, 0.1) is 0 Å². The van der Waals surface area contributed by atoms with E-state index in [1.807, 2.05) is 6.07 Å². The van der Waals surface area contributed by atoms with Crippen molar-refractivity contribution in [3.63, 3.8) is 0 Å². The van der Waals surface area contributed by atoms with E-state index in [9.17, 15) is 13.2 Å². The second kappa shape index (κ2) is 5.04. The van der Waals surface area contributed by atoms with Crippen LogP contribution in [-0.4, -0.2) is 4.98 Å². The highest BCUT2D eigenvalue weighted by Gasteiger charge is 2.33. The summed E-state index contributed by atoms with van der Waals surface area (Å²) in [6, 6.07) is 14.6. The largest absolute Gasteiger partial charge is 0.433 e. The molecule has 0 saturated carbocycles. The van der Waals surface area contributed by atoms with Gasteiger partial charge in [0.2, 0.25) is 0 Å². The third-order valence-corrected chi connectivity index (χ3v) is 3.38. The minimum absolute atomic E-state index is 0.271. The van der Waals surface area contributed by atoms with E-state index in [2.05, 4.69) is 4.98 Å². The highest BCUT2D eigenvalue weighted by molar-refractivity contribution is 6.31. The fourth-order valence-electron chi connectivity index (χ4n) is 2.20. The van der Waals surface area contributed by atoms with E-state index in [0.717, 1.165) is 6.07 Å². The number of benzene rings is 2.